The van der Waals surface area contributed by atoms with Crippen molar-refractivity contribution in [2.45, 2.75) is 6.92 Å². The van der Waals surface area contributed by atoms with Crippen LogP contribution in [0, 0.1) is 6.92 Å². The maximum atomic E-state index is 5.64. The van der Waals surface area contributed by atoms with Gasteiger partial charge in [-0.1, -0.05) is 0 Å². The third-order valence-electron chi connectivity index (χ3n) is 1.82. The standard InChI is InChI=1S/C9H13ClN2/c1-8-7-11-5-3-9(8)12(2)6-4-10/h3,5,7H,4,6H2,1-2H3. The van der Waals surface area contributed by atoms with Crippen LogP contribution in [0.4, 0.5) is 5.69 Å². The maximum absolute atomic E-state index is 5.64. The number of hydrogen-bond acceptors (Lipinski definition) is 2. The Kier molecular flexibility index (Phi) is 3.35. The molecular formula is C9H13ClN2. The van der Waals surface area contributed by atoms with E-state index in [1.165, 1.54) is 11.3 Å². The van der Waals surface area contributed by atoms with Crippen LogP contribution in [0.3, 0.4) is 0 Å². The number of alkyl halides is 1. The lowest BCUT2D eigenvalue weighted by molar-refractivity contribution is 0.962. The Hall–Kier alpha value is -0.760. The van der Waals surface area contributed by atoms with Gasteiger partial charge in [-0.2, -0.15) is 0 Å². The van der Waals surface area contributed by atoms with Crippen molar-refractivity contribution in [3.63, 3.8) is 0 Å². The molecule has 1 heterocycles. The van der Waals surface area contributed by atoms with Gasteiger partial charge < -0.3 is 4.90 Å². The summed E-state index contributed by atoms with van der Waals surface area (Å²) in [6.07, 6.45) is 3.66. The highest BCUT2D eigenvalue weighted by Crippen LogP contribution is 2.15. The van der Waals surface area contributed by atoms with E-state index in [2.05, 4.69) is 9.88 Å². The summed E-state index contributed by atoms with van der Waals surface area (Å²) in [7, 11) is 2.03. The van der Waals surface area contributed by atoms with Crippen molar-refractivity contribution in [2.75, 3.05) is 24.4 Å². The van der Waals surface area contributed by atoms with Crippen molar-refractivity contribution in [1.82, 2.24) is 4.98 Å². The van der Waals surface area contributed by atoms with Crippen LogP contribution in [0.5, 0.6) is 0 Å². The Morgan fingerprint density at radius 1 is 1.58 bits per heavy atom. The van der Waals surface area contributed by atoms with Gasteiger partial charge in [0.2, 0.25) is 0 Å². The highest BCUT2D eigenvalue weighted by atomic mass is 35.5. The largest absolute Gasteiger partial charge is 0.373 e. The molecule has 0 aliphatic carbocycles. The van der Waals surface area contributed by atoms with Gasteiger partial charge in [0.1, 0.15) is 0 Å². The lowest BCUT2D eigenvalue weighted by atomic mass is 10.2. The van der Waals surface area contributed by atoms with Gasteiger partial charge in [0.05, 0.1) is 0 Å². The number of anilines is 1. The molecule has 0 aliphatic heterocycles. The summed E-state index contributed by atoms with van der Waals surface area (Å²) in [5.74, 6) is 0.651. The lowest BCUT2D eigenvalue weighted by Gasteiger charge is -2.19. The Labute approximate surface area is 78.2 Å². The predicted octanol–water partition coefficient (Wildman–Crippen LogP) is 2.07. The summed E-state index contributed by atoms with van der Waals surface area (Å²) in [5.41, 5.74) is 2.38. The van der Waals surface area contributed by atoms with Gasteiger partial charge in [-0.15, -0.1) is 11.6 Å². The van der Waals surface area contributed by atoms with Crippen LogP contribution in [0.1, 0.15) is 5.56 Å². The molecule has 1 rings (SSSR count). The van der Waals surface area contributed by atoms with Crippen LogP contribution in [0.2, 0.25) is 0 Å². The van der Waals surface area contributed by atoms with Crippen LogP contribution in [-0.2, 0) is 0 Å². The zero-order chi connectivity index (χ0) is 8.97. The van der Waals surface area contributed by atoms with Crippen molar-refractivity contribution in [3.8, 4) is 0 Å². The molecule has 0 amide bonds. The fourth-order valence-corrected chi connectivity index (χ4v) is 1.40. The van der Waals surface area contributed by atoms with Crippen molar-refractivity contribution < 1.29 is 0 Å². The average Bonchev–Trinajstić information content (AvgIpc) is 2.05. The molecule has 3 heteroatoms. The third kappa shape index (κ3) is 2.11. The van der Waals surface area contributed by atoms with Gasteiger partial charge in [-0.3, -0.25) is 4.98 Å². The second-order valence-corrected chi connectivity index (χ2v) is 3.15. The number of aromatic nitrogens is 1. The molecule has 0 aliphatic rings. The molecule has 1 aromatic heterocycles. The minimum absolute atomic E-state index is 0.651. The van der Waals surface area contributed by atoms with E-state index in [-0.39, 0.29) is 0 Å². The molecule has 0 saturated heterocycles. The van der Waals surface area contributed by atoms with Gasteiger partial charge in [0.15, 0.2) is 0 Å². The average molecular weight is 185 g/mol. The van der Waals surface area contributed by atoms with Crippen molar-refractivity contribution >= 4 is 17.3 Å². The molecule has 2 nitrogen and oxygen atoms in total. The smallest absolute Gasteiger partial charge is 0.0424 e. The van der Waals surface area contributed by atoms with Gasteiger partial charge in [-0.05, 0) is 18.6 Å². The zero-order valence-corrected chi connectivity index (χ0v) is 8.17. The van der Waals surface area contributed by atoms with E-state index in [9.17, 15) is 0 Å². The number of halogens is 1. The fraction of sp³-hybridized carbons (Fsp3) is 0.444. The number of nitrogens with zero attached hydrogens (tertiary/aromatic N) is 2. The molecule has 0 fully saturated rings. The highest BCUT2D eigenvalue weighted by molar-refractivity contribution is 6.18. The van der Waals surface area contributed by atoms with E-state index in [0.29, 0.717) is 5.88 Å². The van der Waals surface area contributed by atoms with Crippen molar-refractivity contribution in [1.29, 1.82) is 0 Å². The van der Waals surface area contributed by atoms with E-state index in [1.54, 1.807) is 6.20 Å². The molecule has 1 aromatic rings. The van der Waals surface area contributed by atoms with Gasteiger partial charge in [0.25, 0.3) is 0 Å². The van der Waals surface area contributed by atoms with E-state index in [1.807, 2.05) is 26.2 Å². The van der Waals surface area contributed by atoms with Gasteiger partial charge in [0, 0.05) is 37.6 Å². The van der Waals surface area contributed by atoms with Crippen LogP contribution in [0.25, 0.3) is 0 Å². The fourth-order valence-electron chi connectivity index (χ4n) is 1.14. The van der Waals surface area contributed by atoms with Crippen LogP contribution < -0.4 is 4.90 Å². The summed E-state index contributed by atoms with van der Waals surface area (Å²) in [4.78, 5) is 6.16. The Bertz CT molecular complexity index is 250. The first-order chi connectivity index (χ1) is 5.75. The zero-order valence-electron chi connectivity index (χ0n) is 7.42. The Morgan fingerprint density at radius 3 is 2.92 bits per heavy atom. The van der Waals surface area contributed by atoms with E-state index >= 15 is 0 Å². The number of rotatable bonds is 3. The van der Waals surface area contributed by atoms with Crippen molar-refractivity contribution in [2.24, 2.45) is 0 Å². The van der Waals surface area contributed by atoms with E-state index in [4.69, 9.17) is 11.6 Å². The van der Waals surface area contributed by atoms with E-state index in [0.717, 1.165) is 6.54 Å². The first-order valence-electron chi connectivity index (χ1n) is 3.93. The molecule has 66 valence electrons. The molecular weight excluding hydrogens is 172 g/mol. The van der Waals surface area contributed by atoms with Crippen LogP contribution >= 0.6 is 11.6 Å². The number of pyridine rings is 1. The monoisotopic (exact) mass is 184 g/mol. The second kappa shape index (κ2) is 4.31. The molecule has 0 N–H and O–H groups in total. The normalized spacial score (nSPS) is 9.92. The van der Waals surface area contributed by atoms with Crippen LogP contribution in [0.15, 0.2) is 18.5 Å². The molecule has 0 unspecified atom stereocenters. The summed E-state index contributed by atoms with van der Waals surface area (Å²) < 4.78 is 0. The maximum Gasteiger partial charge on any atom is 0.0424 e. The third-order valence-corrected chi connectivity index (χ3v) is 1.99. The Morgan fingerprint density at radius 2 is 2.33 bits per heavy atom. The summed E-state index contributed by atoms with van der Waals surface area (Å²) in [6.45, 7) is 2.92. The van der Waals surface area contributed by atoms with Gasteiger partial charge >= 0.3 is 0 Å². The SMILES string of the molecule is Cc1cnccc1N(C)CCCl. The molecule has 0 bridgehead atoms. The first kappa shape index (κ1) is 9.33. The lowest BCUT2D eigenvalue weighted by Crippen LogP contribution is -2.20. The Balaban J connectivity index is 2.79. The summed E-state index contributed by atoms with van der Waals surface area (Å²) in [6, 6.07) is 2.00. The number of hydrogen-bond donors (Lipinski definition) is 0. The van der Waals surface area contributed by atoms with E-state index < -0.39 is 0 Å². The minimum atomic E-state index is 0.651. The molecule has 0 spiro atoms. The molecule has 0 radical (unpaired) electrons. The van der Waals surface area contributed by atoms with Gasteiger partial charge in [-0.25, -0.2) is 0 Å². The molecule has 0 aromatic carbocycles. The quantitative estimate of drug-likeness (QED) is 0.669. The highest BCUT2D eigenvalue weighted by Gasteiger charge is 2.01. The van der Waals surface area contributed by atoms with Crippen LogP contribution in [-0.4, -0.2) is 24.5 Å². The van der Waals surface area contributed by atoms with Crippen molar-refractivity contribution in [3.05, 3.63) is 24.0 Å². The molecule has 0 saturated carbocycles. The second-order valence-electron chi connectivity index (χ2n) is 2.77. The summed E-state index contributed by atoms with van der Waals surface area (Å²) in [5, 5.41) is 0. The first-order valence-corrected chi connectivity index (χ1v) is 4.47. The molecule has 0 atom stereocenters. The topological polar surface area (TPSA) is 16.1 Å². The molecule has 12 heavy (non-hydrogen) atoms. The number of aryl methyl sites for hydroxylation is 1. The predicted molar refractivity (Wildman–Crippen MR) is 53.0 cm³/mol. The minimum Gasteiger partial charge on any atom is -0.373 e. The summed E-state index contributed by atoms with van der Waals surface area (Å²) >= 11 is 5.64.